The molecule has 2 fully saturated rings. The molecule has 3 aliphatic carbocycles. The van der Waals surface area contributed by atoms with Gasteiger partial charge in [0.15, 0.2) is 0 Å². The van der Waals surface area contributed by atoms with Crippen LogP contribution in [0.2, 0.25) is 0 Å². The summed E-state index contributed by atoms with van der Waals surface area (Å²) in [6, 6.07) is 0. The molecule has 172 valence electrons. The minimum absolute atomic E-state index is 0.0204. The largest absolute Gasteiger partial charge is 0.461 e. The molecule has 0 spiro atoms. The van der Waals surface area contributed by atoms with Gasteiger partial charge < -0.3 is 19.7 Å². The number of carbonyl (C=O) groups is 1. The Labute approximate surface area is 186 Å². The summed E-state index contributed by atoms with van der Waals surface area (Å²) in [5.74, 6) is 0.0866. The summed E-state index contributed by atoms with van der Waals surface area (Å²) >= 11 is 0. The van der Waals surface area contributed by atoms with E-state index in [1.807, 2.05) is 20.8 Å². The quantitative estimate of drug-likeness (QED) is 0.482. The first-order valence-corrected chi connectivity index (χ1v) is 11.6. The molecule has 0 aromatic carbocycles. The van der Waals surface area contributed by atoms with E-state index in [4.69, 9.17) is 9.47 Å². The van der Waals surface area contributed by atoms with Crippen molar-refractivity contribution in [2.75, 3.05) is 6.61 Å². The summed E-state index contributed by atoms with van der Waals surface area (Å²) in [5.41, 5.74) is 4.37. The van der Waals surface area contributed by atoms with Gasteiger partial charge in [-0.15, -0.1) is 0 Å². The lowest BCUT2D eigenvalue weighted by Crippen LogP contribution is -2.35. The highest BCUT2D eigenvalue weighted by Gasteiger charge is 2.46. The second-order valence-corrected chi connectivity index (χ2v) is 9.78. The van der Waals surface area contributed by atoms with E-state index >= 15 is 0 Å². The van der Waals surface area contributed by atoms with E-state index in [0.717, 1.165) is 36.8 Å². The Morgan fingerprint density at radius 3 is 2.77 bits per heavy atom. The maximum atomic E-state index is 11.9. The zero-order valence-corrected chi connectivity index (χ0v) is 19.4. The monoisotopic (exact) mass is 430 g/mol. The van der Waals surface area contributed by atoms with Crippen LogP contribution in [0.3, 0.4) is 0 Å². The third-order valence-corrected chi connectivity index (χ3v) is 7.13. The first kappa shape index (κ1) is 24.0. The van der Waals surface area contributed by atoms with Crippen LogP contribution in [0.25, 0.3) is 0 Å². The molecule has 3 rings (SSSR count). The minimum atomic E-state index is -0.662. The van der Waals surface area contributed by atoms with E-state index in [9.17, 15) is 15.0 Å². The van der Waals surface area contributed by atoms with Crippen molar-refractivity contribution in [2.45, 2.75) is 90.6 Å². The topological polar surface area (TPSA) is 76.0 Å². The van der Waals surface area contributed by atoms with Crippen LogP contribution in [0.4, 0.5) is 0 Å². The molecular weight excluding hydrogens is 392 g/mol. The molecule has 2 N–H and O–H groups in total. The smallest absolute Gasteiger partial charge is 0.332 e. The number of allylic oxidation sites excluding steroid dienone is 4. The van der Waals surface area contributed by atoms with Crippen LogP contribution in [0, 0.1) is 11.3 Å². The highest BCUT2D eigenvalue weighted by Crippen LogP contribution is 2.55. The van der Waals surface area contributed by atoms with Gasteiger partial charge >= 0.3 is 5.97 Å². The molecule has 5 atom stereocenters. The molecule has 0 aromatic heterocycles. The Morgan fingerprint density at radius 2 is 2.06 bits per heavy atom. The summed E-state index contributed by atoms with van der Waals surface area (Å²) in [6.07, 6.45) is 10.2. The van der Waals surface area contributed by atoms with Gasteiger partial charge in [0.1, 0.15) is 6.61 Å². The summed E-state index contributed by atoms with van der Waals surface area (Å²) in [4.78, 5) is 11.9. The van der Waals surface area contributed by atoms with Crippen LogP contribution >= 0.6 is 0 Å². The fourth-order valence-corrected chi connectivity index (χ4v) is 5.53. The number of fused-ring (bicyclic) bond motifs is 1. The summed E-state index contributed by atoms with van der Waals surface area (Å²) < 4.78 is 11.1. The lowest BCUT2D eigenvalue weighted by molar-refractivity contribution is -0.154. The van der Waals surface area contributed by atoms with E-state index in [1.165, 1.54) is 11.1 Å². The van der Waals surface area contributed by atoms with Crippen LogP contribution in [-0.4, -0.2) is 47.2 Å². The first-order chi connectivity index (χ1) is 14.6. The van der Waals surface area contributed by atoms with Crippen molar-refractivity contribution in [3.8, 4) is 0 Å². The van der Waals surface area contributed by atoms with Crippen molar-refractivity contribution in [3.63, 3.8) is 0 Å². The Hall–Kier alpha value is -1.69. The van der Waals surface area contributed by atoms with Crippen molar-refractivity contribution in [2.24, 2.45) is 11.3 Å². The van der Waals surface area contributed by atoms with Crippen molar-refractivity contribution in [1.82, 2.24) is 0 Å². The Kier molecular flexibility index (Phi) is 7.61. The van der Waals surface area contributed by atoms with Crippen LogP contribution in [0.1, 0.15) is 66.2 Å². The summed E-state index contributed by atoms with van der Waals surface area (Å²) in [6.45, 7) is 12.0. The number of esters is 1. The Balaban J connectivity index is 1.70. The second kappa shape index (κ2) is 9.85. The van der Waals surface area contributed by atoms with Crippen LogP contribution < -0.4 is 0 Å². The van der Waals surface area contributed by atoms with E-state index in [-0.39, 0.29) is 30.2 Å². The molecule has 0 aromatic rings. The molecule has 31 heavy (non-hydrogen) atoms. The SMILES string of the molecule is C=C1/C(=C\C=C2/CCC[C@]3(C)C(C(C)OCC(=O)OC(C)C)=CC[C@@H]23)C[C@@H](O)C[C@@H]1O. The molecule has 0 radical (unpaired) electrons. The van der Waals surface area contributed by atoms with Gasteiger partial charge in [0.05, 0.1) is 24.4 Å². The zero-order valence-electron chi connectivity index (χ0n) is 19.4. The summed E-state index contributed by atoms with van der Waals surface area (Å²) in [7, 11) is 0. The predicted octanol–water partition coefficient (Wildman–Crippen LogP) is 4.40. The van der Waals surface area contributed by atoms with E-state index < -0.39 is 12.2 Å². The zero-order chi connectivity index (χ0) is 22.8. The lowest BCUT2D eigenvalue weighted by Gasteiger charge is -2.42. The average Bonchev–Trinajstić information content (AvgIpc) is 3.04. The second-order valence-electron chi connectivity index (χ2n) is 9.78. The van der Waals surface area contributed by atoms with Gasteiger partial charge in [-0.2, -0.15) is 0 Å². The molecule has 0 aliphatic heterocycles. The van der Waals surface area contributed by atoms with Gasteiger partial charge in [-0.1, -0.05) is 37.3 Å². The summed E-state index contributed by atoms with van der Waals surface area (Å²) in [5, 5.41) is 20.1. The fraction of sp³-hybridized carbons (Fsp3) is 0.654. The number of aliphatic hydroxyl groups is 2. The number of rotatable bonds is 6. The van der Waals surface area contributed by atoms with Gasteiger partial charge in [0.25, 0.3) is 0 Å². The molecule has 2 saturated carbocycles. The highest BCUT2D eigenvalue weighted by atomic mass is 16.6. The van der Waals surface area contributed by atoms with Crippen molar-refractivity contribution in [1.29, 1.82) is 0 Å². The normalized spacial score (nSPS) is 34.7. The Morgan fingerprint density at radius 1 is 1.32 bits per heavy atom. The van der Waals surface area contributed by atoms with Gasteiger partial charge in [-0.3, -0.25) is 0 Å². The molecule has 1 unspecified atom stereocenters. The van der Waals surface area contributed by atoms with E-state index in [0.29, 0.717) is 18.8 Å². The average molecular weight is 431 g/mol. The molecule has 5 heteroatoms. The number of hydrogen-bond donors (Lipinski definition) is 2. The molecule has 5 nitrogen and oxygen atoms in total. The fourth-order valence-electron chi connectivity index (χ4n) is 5.53. The van der Waals surface area contributed by atoms with Crippen LogP contribution in [0.15, 0.2) is 47.1 Å². The number of carbonyl (C=O) groups excluding carboxylic acids is 1. The van der Waals surface area contributed by atoms with Gasteiger partial charge in [0, 0.05) is 6.42 Å². The van der Waals surface area contributed by atoms with Crippen molar-refractivity contribution in [3.05, 3.63) is 47.1 Å². The number of hydrogen-bond acceptors (Lipinski definition) is 5. The third-order valence-electron chi connectivity index (χ3n) is 7.13. The highest BCUT2D eigenvalue weighted by molar-refractivity contribution is 5.70. The maximum Gasteiger partial charge on any atom is 0.332 e. The standard InChI is InChI=1S/C26H38O5/c1-16(2)31-25(29)15-30-18(4)22-10-11-23-19(7-6-12-26(22,23)5)8-9-20-13-21(27)14-24(28)17(20)3/h8-10,16,18,21,23-24,27-28H,3,6-7,11-15H2,1-2,4-5H3/b19-8+,20-9-/t18?,21-,23+,24+,26-/m1/s1. The Bertz CT molecular complexity index is 790. The van der Waals surface area contributed by atoms with E-state index in [1.54, 1.807) is 0 Å². The molecule has 0 amide bonds. The number of ether oxygens (including phenoxy) is 2. The maximum absolute atomic E-state index is 11.9. The molecule has 0 heterocycles. The molecule has 3 aliphatic rings. The van der Waals surface area contributed by atoms with Crippen molar-refractivity contribution < 1.29 is 24.5 Å². The van der Waals surface area contributed by atoms with Gasteiger partial charge in [-0.25, -0.2) is 4.79 Å². The van der Waals surface area contributed by atoms with E-state index in [2.05, 4.69) is 31.7 Å². The molecule has 0 bridgehead atoms. The van der Waals surface area contributed by atoms with Crippen LogP contribution in [0.5, 0.6) is 0 Å². The number of aliphatic hydroxyl groups excluding tert-OH is 2. The minimum Gasteiger partial charge on any atom is -0.461 e. The third kappa shape index (κ3) is 5.39. The first-order valence-electron chi connectivity index (χ1n) is 11.6. The lowest BCUT2D eigenvalue weighted by atomic mass is 9.63. The van der Waals surface area contributed by atoms with Gasteiger partial charge in [0.2, 0.25) is 0 Å². The molecular formula is C26H38O5. The predicted molar refractivity (Wildman–Crippen MR) is 121 cm³/mol. The van der Waals surface area contributed by atoms with Crippen LogP contribution in [-0.2, 0) is 14.3 Å². The van der Waals surface area contributed by atoms with Crippen molar-refractivity contribution >= 4 is 5.97 Å². The van der Waals surface area contributed by atoms with Gasteiger partial charge in [-0.05, 0) is 80.9 Å². The molecule has 0 saturated heterocycles.